The maximum Gasteiger partial charge on any atom is 0.245 e. The molecule has 3 aliphatic heterocycles. The van der Waals surface area contributed by atoms with Crippen molar-refractivity contribution in [2.24, 2.45) is 10.8 Å². The molecule has 12 unspecified atom stereocenters. The Hall–Kier alpha value is -4.56. The highest BCUT2D eigenvalue weighted by Gasteiger charge is 2.42. The molecule has 0 N–H and O–H groups in total. The first kappa shape index (κ1) is 116. The average Bonchev–Trinajstić information content (AvgIpc) is 1.58. The van der Waals surface area contributed by atoms with Gasteiger partial charge in [0.15, 0.2) is 0 Å². The Morgan fingerprint density at radius 1 is 0.252 bits per heavy atom. The van der Waals surface area contributed by atoms with Gasteiger partial charge < -0.3 is 28.4 Å². The Kier molecular flexibility index (Phi) is 38.5. The molecule has 3 fully saturated rings. The normalized spacial score (nSPS) is 24.6. The number of benzene rings is 6. The third kappa shape index (κ3) is 31.5. The third-order valence-electron chi connectivity index (χ3n) is 29.5. The number of rotatable bonds is 6. The number of hydrogen-bond acceptors (Lipinski definition) is 6. The first-order valence-corrected chi connectivity index (χ1v) is 63.8. The lowest BCUT2D eigenvalue weighted by atomic mass is 9.79. The lowest BCUT2D eigenvalue weighted by Gasteiger charge is -2.36. The molecule has 12 rings (SSSR count). The van der Waals surface area contributed by atoms with Gasteiger partial charge in [-0.2, -0.15) is 62.9 Å². The monoisotopic (exact) mass is 2010 g/mol. The molecule has 12 atom stereocenters. The topological polar surface area (TPSA) is 55.4 Å². The number of hydrogen-bond donors (Lipinski definition) is 0. The average molecular weight is 2020 g/mol. The van der Waals surface area contributed by atoms with Crippen molar-refractivity contribution >= 4 is 98.1 Å². The van der Waals surface area contributed by atoms with Crippen molar-refractivity contribution in [3.8, 4) is 34.5 Å². The van der Waals surface area contributed by atoms with Crippen molar-refractivity contribution < 1.29 is 28.4 Å². The third-order valence-corrected chi connectivity index (χ3v) is 42.6. The molecular formula is C127H200O6S6. The van der Waals surface area contributed by atoms with E-state index in [4.69, 9.17) is 63.6 Å². The van der Waals surface area contributed by atoms with Gasteiger partial charge in [0.05, 0.1) is 0 Å². The molecule has 3 aliphatic carbocycles. The molecule has 6 nitrogen and oxygen atoms in total. The molecule has 0 amide bonds. The van der Waals surface area contributed by atoms with E-state index in [-0.39, 0.29) is 106 Å². The molecule has 0 saturated heterocycles. The minimum atomic E-state index is -0.897. The van der Waals surface area contributed by atoms with Gasteiger partial charge >= 0.3 is 0 Å². The summed E-state index contributed by atoms with van der Waals surface area (Å²) in [5.74, 6) is 40.8. The fraction of sp³-hybridized carbons (Fsp3) is 0.669. The Labute approximate surface area is 868 Å². The number of ether oxygens (including phenoxy) is 6. The molecule has 780 valence electrons. The zero-order valence-electron chi connectivity index (χ0n) is 95.7. The summed E-state index contributed by atoms with van der Waals surface area (Å²) in [5, 5.41) is 3.44. The summed E-state index contributed by atoms with van der Waals surface area (Å²) in [6.07, 6.45) is 25.3. The van der Waals surface area contributed by atoms with E-state index in [1.807, 2.05) is 0 Å². The highest BCUT2D eigenvalue weighted by molar-refractivity contribution is 8.18. The molecule has 0 aromatic heterocycles. The Morgan fingerprint density at radius 3 is 0.655 bits per heavy atom. The van der Waals surface area contributed by atoms with Crippen LogP contribution in [0.2, 0.25) is 0 Å². The van der Waals surface area contributed by atoms with E-state index in [0.29, 0.717) is 55.2 Å². The van der Waals surface area contributed by atoms with E-state index in [2.05, 4.69) is 336 Å². The molecule has 0 spiro atoms. The predicted molar refractivity (Wildman–Crippen MR) is 636 cm³/mol. The standard InChI is InChI=1S/C45H72O2S2.C43H68O2S2.C39H60O2S2/c1-41(2,3)27-31-23-35(43(7,8)9)25-33-29-48(15)37-21-19-17-18-20-22-38(37)49(16)30-34-26-36(44(10,11)12)24-32(28-42(4,5)6)40(34)47-45(13,14)46-39(31)33;1-39(2,3)31-23-29-27-46(15)35-21-19-17-18-20-22-36(35)47(16)28-30-24-32(40(4,5)6)26-34(42(10,11)12)38(30)45-43(13,14)44-37(29)33(25-31)41(7,8)9;1-25(2)29-19-31-23-42(11)35-17-15-13-14-16-18-36(35)43(12)24-32-20-30(26(3)4)22-34(28(7)8)38(32)41-39(9,10)40-37(31)33(21-29)27(5)6/h23-26,37-38H,15-22,27-30H2,1-14H3;23-26,35-36H,15-22,27-28H2,1-14H3;19-22,25-28,35-36H,11-18,23-24H2,1-10H3. The van der Waals surface area contributed by atoms with Gasteiger partial charge in [-0.1, -0.05) is 407 Å². The summed E-state index contributed by atoms with van der Waals surface area (Å²) in [4.78, 5) is 0. The van der Waals surface area contributed by atoms with Crippen LogP contribution in [0.5, 0.6) is 34.5 Å². The van der Waals surface area contributed by atoms with Crippen LogP contribution < -0.4 is 28.4 Å². The van der Waals surface area contributed by atoms with Gasteiger partial charge in [-0.3, -0.25) is 0 Å². The van der Waals surface area contributed by atoms with Gasteiger partial charge in [0.1, 0.15) is 34.5 Å². The van der Waals surface area contributed by atoms with Crippen molar-refractivity contribution in [2.45, 2.75) is 531 Å². The summed E-state index contributed by atoms with van der Waals surface area (Å²) >= 11 is 0. The van der Waals surface area contributed by atoms with Crippen molar-refractivity contribution in [3.05, 3.63) is 173 Å². The van der Waals surface area contributed by atoms with E-state index in [1.165, 1.54) is 216 Å². The summed E-state index contributed by atoms with van der Waals surface area (Å²) in [5.41, 5.74) is 23.9. The molecule has 6 aliphatic rings. The Bertz CT molecular complexity index is 5040. The van der Waals surface area contributed by atoms with Crippen LogP contribution in [0.4, 0.5) is 0 Å². The quantitative estimate of drug-likeness (QED) is 0.155. The molecule has 6 aromatic carbocycles. The van der Waals surface area contributed by atoms with Crippen LogP contribution in [-0.4, -0.2) is 84.1 Å². The Balaban J connectivity index is 0.000000215. The molecule has 6 aromatic rings. The maximum absolute atomic E-state index is 7.28. The van der Waals surface area contributed by atoms with Gasteiger partial charge in [-0.25, -0.2) is 0 Å². The molecule has 3 saturated carbocycles. The highest BCUT2D eigenvalue weighted by atomic mass is 32.2. The maximum atomic E-state index is 7.28. The second kappa shape index (κ2) is 46.1. The molecule has 0 bridgehead atoms. The van der Waals surface area contributed by atoms with Crippen LogP contribution in [0.25, 0.3) is 0 Å². The van der Waals surface area contributed by atoms with Gasteiger partial charge in [-0.05, 0) is 174 Å². The summed E-state index contributed by atoms with van der Waals surface area (Å²) in [6.45, 7) is 87.0. The molecule has 3 heterocycles. The SMILES string of the molecule is C=S1Cc2cc(C(C)(C)C)cc(C(C)(C)C)c2OC(C)(C)Oc2c(cc(C(C)(C)C)cc2C(C)(C)C)CS(=C)C2CCCCCCC21.C=S1Cc2cc(C(C)(C)C)cc(CC(C)(C)C)c2OC(C)(C)Oc2c(cc(C(C)(C)C)cc2CC(C)(C)C)CS(=C)C2CCCCCCC21.C=S1Cc2cc(C(C)C)cc(C(C)C)c2OC(C)(C)Oc2c(cc(C(C)C)cc2C(C)C)CS(=C)C2CCCCCCC21. The molecule has 12 heteroatoms. The van der Waals surface area contributed by atoms with E-state index < -0.39 is 17.4 Å². The van der Waals surface area contributed by atoms with E-state index in [9.17, 15) is 0 Å². The van der Waals surface area contributed by atoms with Crippen LogP contribution in [0, 0.1) is 10.8 Å². The van der Waals surface area contributed by atoms with Crippen LogP contribution >= 0.6 is 62.9 Å². The first-order valence-electron chi connectivity index (χ1n) is 54.0. The van der Waals surface area contributed by atoms with Crippen molar-refractivity contribution in [3.63, 3.8) is 0 Å². The number of fused-ring (bicyclic) bond motifs is 9. The Morgan fingerprint density at radius 2 is 0.453 bits per heavy atom. The highest BCUT2D eigenvalue weighted by Crippen LogP contribution is 2.56. The predicted octanol–water partition coefficient (Wildman–Crippen LogP) is 37.6. The summed E-state index contributed by atoms with van der Waals surface area (Å²) < 4.78 is 43.2. The van der Waals surface area contributed by atoms with Gasteiger partial charge in [0.25, 0.3) is 0 Å². The minimum absolute atomic E-state index is 0.0237. The van der Waals surface area contributed by atoms with Crippen molar-refractivity contribution in [1.82, 2.24) is 0 Å². The zero-order chi connectivity index (χ0) is 104. The minimum Gasteiger partial charge on any atom is -0.452 e. The van der Waals surface area contributed by atoms with Crippen molar-refractivity contribution in [2.75, 3.05) is 0 Å². The lowest BCUT2D eigenvalue weighted by molar-refractivity contribution is -0.0841. The van der Waals surface area contributed by atoms with Crippen LogP contribution in [-0.2, 0) is 79.8 Å². The van der Waals surface area contributed by atoms with Gasteiger partial charge in [-0.15, -0.1) is 0 Å². The lowest BCUT2D eigenvalue weighted by Crippen LogP contribution is -2.38. The fourth-order valence-corrected chi connectivity index (χ4v) is 35.6. The fourth-order valence-electron chi connectivity index (χ4n) is 21.5. The van der Waals surface area contributed by atoms with Crippen LogP contribution in [0.1, 0.15) is 502 Å². The molecule has 139 heavy (non-hydrogen) atoms. The van der Waals surface area contributed by atoms with Crippen LogP contribution in [0.15, 0.2) is 72.8 Å². The molecule has 0 radical (unpaired) electrons. The van der Waals surface area contributed by atoms with Gasteiger partial charge in [0, 0.05) is 152 Å². The smallest absolute Gasteiger partial charge is 0.245 e. The van der Waals surface area contributed by atoms with Crippen molar-refractivity contribution in [1.29, 1.82) is 0 Å². The summed E-state index contributed by atoms with van der Waals surface area (Å²) in [6, 6.07) is 29.1. The molecular weight excluding hydrogens is 1810 g/mol. The largest absolute Gasteiger partial charge is 0.452 e. The second-order valence-corrected chi connectivity index (χ2v) is 66.0. The first-order chi connectivity index (χ1) is 63.9. The van der Waals surface area contributed by atoms with E-state index >= 15 is 0 Å². The van der Waals surface area contributed by atoms with E-state index in [0.717, 1.165) is 81.9 Å². The van der Waals surface area contributed by atoms with Gasteiger partial charge in [0.2, 0.25) is 17.4 Å². The zero-order valence-corrected chi connectivity index (χ0v) is 101. The van der Waals surface area contributed by atoms with E-state index in [1.54, 1.807) is 0 Å². The summed E-state index contributed by atoms with van der Waals surface area (Å²) in [7, 11) is -0.315. The second-order valence-electron chi connectivity index (χ2n) is 54.2. The van der Waals surface area contributed by atoms with Crippen LogP contribution in [0.3, 0.4) is 0 Å².